The molecule has 1 saturated heterocycles. The number of ketones is 1. The van der Waals surface area contributed by atoms with Crippen molar-refractivity contribution in [2.24, 2.45) is 11.3 Å². The van der Waals surface area contributed by atoms with E-state index < -0.39 is 40.8 Å². The lowest BCUT2D eigenvalue weighted by molar-refractivity contribution is -0.164. The molecule has 1 heterocycles. The number of amides is 2. The summed E-state index contributed by atoms with van der Waals surface area (Å²) in [6.45, 7) is 5.87. The smallest absolute Gasteiger partial charge is 0.326 e. The molecule has 0 bridgehead atoms. The number of benzene rings is 1. The predicted molar refractivity (Wildman–Crippen MR) is 147 cm³/mol. The number of nitrogens with zero attached hydrogens (tertiary/aromatic N) is 1. The quantitative estimate of drug-likeness (QED) is 0.395. The largest absolute Gasteiger partial charge is 0.497 e. The van der Waals surface area contributed by atoms with Gasteiger partial charge in [0.2, 0.25) is 11.8 Å². The number of carboxylic acids is 1. The molecule has 10 nitrogen and oxygen atoms in total. The van der Waals surface area contributed by atoms with E-state index in [-0.39, 0.29) is 31.0 Å². The summed E-state index contributed by atoms with van der Waals surface area (Å²) in [6, 6.07) is 5.81. The van der Waals surface area contributed by atoms with Crippen molar-refractivity contribution in [3.05, 3.63) is 29.8 Å². The number of rotatable bonds is 11. The minimum atomic E-state index is -1.16. The maximum absolute atomic E-state index is 13.8. The van der Waals surface area contributed by atoms with Crippen LogP contribution in [-0.4, -0.2) is 71.4 Å². The van der Waals surface area contributed by atoms with Gasteiger partial charge in [-0.1, -0.05) is 25.0 Å². The summed E-state index contributed by atoms with van der Waals surface area (Å²) in [5.74, 6) is -2.51. The van der Waals surface area contributed by atoms with Crippen LogP contribution in [0.3, 0.4) is 0 Å². The van der Waals surface area contributed by atoms with Gasteiger partial charge in [0, 0.05) is 38.8 Å². The van der Waals surface area contributed by atoms with Gasteiger partial charge < -0.3 is 24.8 Å². The number of carbonyl (C=O) groups excluding carboxylic acids is 4. The molecule has 1 saturated carbocycles. The van der Waals surface area contributed by atoms with Crippen LogP contribution in [0.25, 0.3) is 0 Å². The van der Waals surface area contributed by atoms with Crippen LogP contribution in [0, 0.1) is 11.3 Å². The Morgan fingerprint density at radius 2 is 1.65 bits per heavy atom. The van der Waals surface area contributed by atoms with Crippen molar-refractivity contribution in [1.82, 2.24) is 10.2 Å². The van der Waals surface area contributed by atoms with Crippen LogP contribution < -0.4 is 10.1 Å². The number of piperidine rings is 1. The van der Waals surface area contributed by atoms with E-state index in [1.807, 2.05) is 0 Å². The molecule has 2 N–H and O–H groups in total. The lowest BCUT2D eigenvalue weighted by Crippen LogP contribution is -2.50. The fraction of sp³-hybridized carbons (Fsp3) is 0.633. The first-order chi connectivity index (χ1) is 18.8. The zero-order chi connectivity index (χ0) is 29.5. The molecule has 1 aliphatic carbocycles. The van der Waals surface area contributed by atoms with Gasteiger partial charge in [-0.3, -0.25) is 19.2 Å². The highest BCUT2D eigenvalue weighted by Gasteiger charge is 2.46. The molecule has 220 valence electrons. The van der Waals surface area contributed by atoms with Gasteiger partial charge in [-0.05, 0) is 57.7 Å². The topological polar surface area (TPSA) is 139 Å². The number of Topliss-reactive ketones (excluding diaryl/α,β-unsaturated/α-hetero) is 1. The van der Waals surface area contributed by atoms with E-state index in [9.17, 15) is 29.1 Å². The molecule has 1 aliphatic heterocycles. The molecule has 2 fully saturated rings. The number of hydrogen-bond acceptors (Lipinski definition) is 7. The van der Waals surface area contributed by atoms with Crippen LogP contribution >= 0.6 is 0 Å². The Balaban J connectivity index is 1.79. The number of hydrogen-bond donors (Lipinski definition) is 2. The average molecular weight is 559 g/mol. The summed E-state index contributed by atoms with van der Waals surface area (Å²) in [7, 11) is 1.54. The normalized spacial score (nSPS) is 18.5. The molecule has 2 aliphatic rings. The van der Waals surface area contributed by atoms with E-state index in [2.05, 4.69) is 5.32 Å². The molecule has 1 aromatic carbocycles. The Kier molecular flexibility index (Phi) is 10.3. The van der Waals surface area contributed by atoms with Crippen molar-refractivity contribution < 1.29 is 38.6 Å². The van der Waals surface area contributed by atoms with Crippen molar-refractivity contribution in [2.75, 3.05) is 20.2 Å². The van der Waals surface area contributed by atoms with Crippen LogP contribution in [0.4, 0.5) is 0 Å². The average Bonchev–Trinajstić information content (AvgIpc) is 3.37. The molecular formula is C30H42N2O8. The first kappa shape index (κ1) is 31.1. The molecule has 3 rings (SSSR count). The maximum atomic E-state index is 13.8. The van der Waals surface area contributed by atoms with Gasteiger partial charge in [0.05, 0.1) is 18.4 Å². The van der Waals surface area contributed by atoms with Crippen LogP contribution in [0.15, 0.2) is 24.3 Å². The predicted octanol–water partition coefficient (Wildman–Crippen LogP) is 3.30. The summed E-state index contributed by atoms with van der Waals surface area (Å²) >= 11 is 0. The van der Waals surface area contributed by atoms with Gasteiger partial charge in [0.15, 0.2) is 0 Å². The third kappa shape index (κ3) is 8.53. The number of nitrogens with one attached hydrogen (secondary N) is 1. The summed E-state index contributed by atoms with van der Waals surface area (Å²) in [4.78, 5) is 65.6. The van der Waals surface area contributed by atoms with Gasteiger partial charge in [-0.25, -0.2) is 4.79 Å². The number of aliphatic carboxylic acids is 1. The summed E-state index contributed by atoms with van der Waals surface area (Å²) in [6.07, 6.45) is 3.11. The molecular weight excluding hydrogens is 516 g/mol. The van der Waals surface area contributed by atoms with Gasteiger partial charge in [0.25, 0.3) is 0 Å². The standard InChI is InChI=1S/C30H42N2O8/c1-29(2,3)40-27(37)21(18-25(34)32-15-11-22(33)12-16-32)19-30(13-5-6-14-30)28(38)31-24(26(35)36)17-20-7-9-23(39-4)10-8-20/h7-10,21,24H,5-6,11-19H2,1-4H3,(H,31,38)(H,35,36)/t21?,24-/m0/s1. The third-order valence-corrected chi connectivity index (χ3v) is 7.72. The summed E-state index contributed by atoms with van der Waals surface area (Å²) < 4.78 is 10.8. The Hall–Kier alpha value is -3.43. The van der Waals surface area contributed by atoms with Crippen molar-refractivity contribution in [1.29, 1.82) is 0 Å². The Bertz CT molecular complexity index is 1080. The molecule has 1 unspecified atom stereocenters. The van der Waals surface area contributed by atoms with Crippen molar-refractivity contribution >= 4 is 29.5 Å². The zero-order valence-corrected chi connectivity index (χ0v) is 24.0. The lowest BCUT2D eigenvalue weighted by atomic mass is 9.75. The second-order valence-corrected chi connectivity index (χ2v) is 12.0. The molecule has 0 spiro atoms. The lowest BCUT2D eigenvalue weighted by Gasteiger charge is -2.34. The second kappa shape index (κ2) is 13.3. The third-order valence-electron chi connectivity index (χ3n) is 7.72. The summed E-state index contributed by atoms with van der Waals surface area (Å²) in [5, 5.41) is 12.6. The van der Waals surface area contributed by atoms with Crippen LogP contribution in [0.5, 0.6) is 5.75 Å². The Morgan fingerprint density at radius 1 is 1.05 bits per heavy atom. The number of ether oxygens (including phenoxy) is 2. The van der Waals surface area contributed by atoms with Gasteiger partial charge in [0.1, 0.15) is 23.2 Å². The molecule has 0 radical (unpaired) electrons. The van der Waals surface area contributed by atoms with Crippen molar-refractivity contribution in [3.8, 4) is 5.75 Å². The molecule has 0 aromatic heterocycles. The summed E-state index contributed by atoms with van der Waals surface area (Å²) in [5.41, 5.74) is -1.05. The molecule has 10 heteroatoms. The highest BCUT2D eigenvalue weighted by atomic mass is 16.6. The van der Waals surface area contributed by atoms with Gasteiger partial charge in [-0.15, -0.1) is 0 Å². The molecule has 2 atom stereocenters. The number of likely N-dealkylation sites (tertiary alicyclic amines) is 1. The van der Waals surface area contributed by atoms with E-state index in [0.29, 0.717) is 44.5 Å². The number of carboxylic acid groups (broad SMARTS) is 1. The van der Waals surface area contributed by atoms with E-state index in [1.54, 1.807) is 57.0 Å². The van der Waals surface area contributed by atoms with Crippen LogP contribution in [0.1, 0.15) is 77.7 Å². The fourth-order valence-corrected chi connectivity index (χ4v) is 5.53. The second-order valence-electron chi connectivity index (χ2n) is 12.0. The van der Waals surface area contributed by atoms with Crippen molar-refractivity contribution in [2.45, 2.75) is 90.2 Å². The zero-order valence-electron chi connectivity index (χ0n) is 24.0. The fourth-order valence-electron chi connectivity index (χ4n) is 5.53. The first-order valence-electron chi connectivity index (χ1n) is 14.0. The van der Waals surface area contributed by atoms with Gasteiger partial charge in [-0.2, -0.15) is 0 Å². The van der Waals surface area contributed by atoms with E-state index in [1.165, 1.54) is 0 Å². The number of carbonyl (C=O) groups is 5. The monoisotopic (exact) mass is 558 g/mol. The Labute approximate surface area is 235 Å². The Morgan fingerprint density at radius 3 is 2.17 bits per heavy atom. The molecule has 2 amide bonds. The minimum Gasteiger partial charge on any atom is -0.497 e. The van der Waals surface area contributed by atoms with Gasteiger partial charge >= 0.3 is 11.9 Å². The first-order valence-corrected chi connectivity index (χ1v) is 14.0. The molecule has 1 aromatic rings. The highest BCUT2D eigenvalue weighted by molar-refractivity contribution is 5.90. The highest BCUT2D eigenvalue weighted by Crippen LogP contribution is 2.45. The van der Waals surface area contributed by atoms with Crippen LogP contribution in [-0.2, 0) is 35.1 Å². The van der Waals surface area contributed by atoms with E-state index in [0.717, 1.165) is 18.4 Å². The van der Waals surface area contributed by atoms with E-state index in [4.69, 9.17) is 9.47 Å². The van der Waals surface area contributed by atoms with Crippen molar-refractivity contribution in [3.63, 3.8) is 0 Å². The SMILES string of the molecule is COc1ccc(C[C@H](NC(=O)C2(CC(CC(=O)N3CCC(=O)CC3)C(=O)OC(C)(C)C)CCCC2)C(=O)O)cc1. The molecule has 40 heavy (non-hydrogen) atoms. The minimum absolute atomic E-state index is 0.0845. The number of esters is 1. The van der Waals surface area contributed by atoms with Crippen LogP contribution in [0.2, 0.25) is 0 Å². The maximum Gasteiger partial charge on any atom is 0.326 e. The number of methoxy groups -OCH3 is 1. The van der Waals surface area contributed by atoms with E-state index >= 15 is 0 Å².